The minimum absolute atomic E-state index is 0.0278. The van der Waals surface area contributed by atoms with Crippen molar-refractivity contribution in [3.8, 4) is 0 Å². The molecule has 1 N–H and O–H groups in total. The summed E-state index contributed by atoms with van der Waals surface area (Å²) >= 11 is 0. The SMILES string of the molecule is BC(CNC(=O)OC(C)(C)C)OS(=O)(=O)c1ccc(C)cc1. The van der Waals surface area contributed by atoms with E-state index < -0.39 is 27.8 Å². The smallest absolute Gasteiger partial charge is 0.407 e. The lowest BCUT2D eigenvalue weighted by molar-refractivity contribution is 0.0515. The van der Waals surface area contributed by atoms with E-state index in [9.17, 15) is 13.2 Å². The van der Waals surface area contributed by atoms with Gasteiger partial charge >= 0.3 is 6.09 Å². The lowest BCUT2D eigenvalue weighted by atomic mass is 10.0. The van der Waals surface area contributed by atoms with E-state index >= 15 is 0 Å². The number of ether oxygens (including phenoxy) is 1. The van der Waals surface area contributed by atoms with E-state index in [1.54, 1.807) is 40.8 Å². The molecule has 0 spiro atoms. The topological polar surface area (TPSA) is 81.7 Å². The first kappa shape index (κ1) is 18.5. The number of amides is 1. The minimum atomic E-state index is -3.85. The van der Waals surface area contributed by atoms with Crippen LogP contribution >= 0.6 is 0 Å². The van der Waals surface area contributed by atoms with Gasteiger partial charge in [-0.15, -0.1) is 0 Å². The van der Waals surface area contributed by atoms with Gasteiger partial charge in [-0.3, -0.25) is 4.18 Å². The number of carbonyl (C=O) groups excluding carboxylic acids is 1. The van der Waals surface area contributed by atoms with Crippen LogP contribution in [-0.4, -0.2) is 40.5 Å². The Bertz CT molecular complexity index is 607. The molecular weight excluding hydrogens is 305 g/mol. The third-order valence-corrected chi connectivity index (χ3v) is 3.96. The molecule has 1 atom stereocenters. The predicted molar refractivity (Wildman–Crippen MR) is 86.0 cm³/mol. The summed E-state index contributed by atoms with van der Waals surface area (Å²) in [7, 11) is -2.29. The molecule has 1 unspecified atom stereocenters. The number of nitrogens with one attached hydrogen (secondary N) is 1. The Balaban J connectivity index is 2.55. The molecule has 1 aromatic rings. The molecule has 22 heavy (non-hydrogen) atoms. The van der Waals surface area contributed by atoms with Crippen LogP contribution in [0.3, 0.4) is 0 Å². The molecule has 0 aliphatic carbocycles. The maximum atomic E-state index is 12.1. The highest BCUT2D eigenvalue weighted by atomic mass is 32.2. The van der Waals surface area contributed by atoms with Gasteiger partial charge in [-0.2, -0.15) is 8.42 Å². The summed E-state index contributed by atoms with van der Waals surface area (Å²) in [6.07, 6.45) is -0.615. The molecule has 0 saturated heterocycles. The minimum Gasteiger partial charge on any atom is -0.444 e. The molecule has 1 amide bonds. The highest BCUT2D eigenvalue weighted by Gasteiger charge is 2.21. The molecule has 1 aromatic carbocycles. The predicted octanol–water partition coefficient (Wildman–Crippen LogP) is 1.18. The van der Waals surface area contributed by atoms with E-state index in [0.717, 1.165) is 5.56 Å². The zero-order valence-corrected chi connectivity index (χ0v) is 14.4. The highest BCUT2D eigenvalue weighted by Crippen LogP contribution is 2.14. The quantitative estimate of drug-likeness (QED) is 0.649. The molecule has 0 heterocycles. The number of hydrogen-bond acceptors (Lipinski definition) is 5. The fourth-order valence-electron chi connectivity index (χ4n) is 1.55. The number of carbonyl (C=O) groups is 1. The second kappa shape index (κ2) is 7.15. The average Bonchev–Trinajstić information content (AvgIpc) is 2.34. The largest absolute Gasteiger partial charge is 0.444 e. The molecular formula is C14H22BNO5S. The Morgan fingerprint density at radius 1 is 1.27 bits per heavy atom. The van der Waals surface area contributed by atoms with Crippen molar-refractivity contribution in [2.75, 3.05) is 6.54 Å². The Labute approximate surface area is 132 Å². The third-order valence-electron chi connectivity index (χ3n) is 2.53. The molecule has 0 radical (unpaired) electrons. The van der Waals surface area contributed by atoms with Gasteiger partial charge in [0.05, 0.1) is 10.9 Å². The van der Waals surface area contributed by atoms with Crippen LogP contribution in [0.15, 0.2) is 29.2 Å². The fourth-order valence-corrected chi connectivity index (χ4v) is 2.63. The summed E-state index contributed by atoms with van der Waals surface area (Å²) in [6.45, 7) is 7.13. The van der Waals surface area contributed by atoms with Crippen molar-refractivity contribution >= 4 is 24.1 Å². The summed E-state index contributed by atoms with van der Waals surface area (Å²) in [5.41, 5.74) is 0.348. The molecule has 1 rings (SSSR count). The van der Waals surface area contributed by atoms with Crippen LogP contribution in [0.25, 0.3) is 0 Å². The van der Waals surface area contributed by atoms with Gasteiger partial charge in [0.1, 0.15) is 13.4 Å². The number of hydrogen-bond donors (Lipinski definition) is 1. The van der Waals surface area contributed by atoms with Crippen molar-refractivity contribution in [2.45, 2.75) is 44.2 Å². The summed E-state index contributed by atoms with van der Waals surface area (Å²) in [5.74, 6) is 0. The van der Waals surface area contributed by atoms with Gasteiger partial charge in [0.2, 0.25) is 0 Å². The summed E-state index contributed by atoms with van der Waals surface area (Å²) in [6, 6.07) is 5.65. The van der Waals surface area contributed by atoms with Crippen molar-refractivity contribution in [1.29, 1.82) is 0 Å². The maximum Gasteiger partial charge on any atom is 0.407 e. The molecule has 0 aliphatic heterocycles. The monoisotopic (exact) mass is 327 g/mol. The van der Waals surface area contributed by atoms with Crippen LogP contribution in [0.2, 0.25) is 0 Å². The van der Waals surface area contributed by atoms with Gasteiger partial charge in [-0.05, 0) is 39.8 Å². The maximum absolute atomic E-state index is 12.1. The zero-order chi connectivity index (χ0) is 17.0. The van der Waals surface area contributed by atoms with E-state index in [0.29, 0.717) is 0 Å². The van der Waals surface area contributed by atoms with Gasteiger partial charge in [0.15, 0.2) is 0 Å². The van der Waals surface area contributed by atoms with Gasteiger partial charge in [0.25, 0.3) is 10.1 Å². The number of aryl methyl sites for hydroxylation is 1. The summed E-state index contributed by atoms with van der Waals surface area (Å²) < 4.78 is 34.2. The lowest BCUT2D eigenvalue weighted by Crippen LogP contribution is -2.38. The van der Waals surface area contributed by atoms with E-state index in [4.69, 9.17) is 8.92 Å². The van der Waals surface area contributed by atoms with E-state index in [-0.39, 0.29) is 11.4 Å². The first-order chi connectivity index (χ1) is 9.99. The molecule has 0 aromatic heterocycles. The number of benzene rings is 1. The second-order valence-electron chi connectivity index (χ2n) is 6.06. The van der Waals surface area contributed by atoms with E-state index in [2.05, 4.69) is 5.32 Å². The van der Waals surface area contributed by atoms with E-state index in [1.165, 1.54) is 12.1 Å². The van der Waals surface area contributed by atoms with Gasteiger partial charge < -0.3 is 10.1 Å². The van der Waals surface area contributed by atoms with Crippen LogP contribution in [-0.2, 0) is 19.0 Å². The molecule has 6 nitrogen and oxygen atoms in total. The first-order valence-electron chi connectivity index (χ1n) is 6.96. The van der Waals surface area contributed by atoms with Crippen LogP contribution in [0.4, 0.5) is 4.79 Å². The zero-order valence-electron chi connectivity index (χ0n) is 13.5. The molecule has 0 saturated carbocycles. The molecule has 122 valence electrons. The van der Waals surface area contributed by atoms with E-state index in [1.807, 2.05) is 6.92 Å². The number of rotatable bonds is 5. The van der Waals surface area contributed by atoms with Crippen molar-refractivity contribution in [3.63, 3.8) is 0 Å². The van der Waals surface area contributed by atoms with Crippen molar-refractivity contribution < 1.29 is 22.1 Å². The average molecular weight is 327 g/mol. The lowest BCUT2D eigenvalue weighted by Gasteiger charge is -2.20. The second-order valence-corrected chi connectivity index (χ2v) is 7.63. The summed E-state index contributed by atoms with van der Waals surface area (Å²) in [5, 5.41) is 2.47. The molecule has 0 bridgehead atoms. The van der Waals surface area contributed by atoms with Crippen molar-refractivity contribution in [2.24, 2.45) is 0 Å². The van der Waals surface area contributed by atoms with Crippen LogP contribution < -0.4 is 5.32 Å². The van der Waals surface area contributed by atoms with Crippen LogP contribution in [0.1, 0.15) is 26.3 Å². The Morgan fingerprint density at radius 2 is 1.82 bits per heavy atom. The molecule has 0 fully saturated rings. The van der Waals surface area contributed by atoms with Crippen molar-refractivity contribution in [3.05, 3.63) is 29.8 Å². The third kappa shape index (κ3) is 6.49. The normalized spacial score (nSPS) is 13.5. The standard InChI is InChI=1S/C14H22BNO5S/c1-10-5-7-11(8-6-10)22(18,19)21-12(15)9-16-13(17)20-14(2,3)4/h5-8,12H,9,15H2,1-4H3,(H,16,17). The Morgan fingerprint density at radius 3 is 2.32 bits per heavy atom. The van der Waals surface area contributed by atoms with Crippen LogP contribution in [0, 0.1) is 6.92 Å². The summed E-state index contributed by atoms with van der Waals surface area (Å²) in [4.78, 5) is 11.6. The first-order valence-corrected chi connectivity index (χ1v) is 8.37. The van der Waals surface area contributed by atoms with Gasteiger partial charge in [-0.1, -0.05) is 17.7 Å². The Hall–Kier alpha value is -1.54. The highest BCUT2D eigenvalue weighted by molar-refractivity contribution is 7.86. The van der Waals surface area contributed by atoms with Gasteiger partial charge in [0, 0.05) is 6.54 Å². The number of alkyl carbamates (subject to hydrolysis) is 1. The molecule has 0 aliphatic rings. The Kier molecular flexibility index (Phi) is 6.02. The fraction of sp³-hybridized carbons (Fsp3) is 0.500. The van der Waals surface area contributed by atoms with Crippen molar-refractivity contribution in [1.82, 2.24) is 5.32 Å². The van der Waals surface area contributed by atoms with Crippen LogP contribution in [0.5, 0.6) is 0 Å². The molecule has 8 heteroatoms. The van der Waals surface area contributed by atoms with Gasteiger partial charge in [-0.25, -0.2) is 4.79 Å².